The fourth-order valence-electron chi connectivity index (χ4n) is 2.38. The molecule has 1 aromatic rings. The molecule has 4 heteroatoms. The topological polar surface area (TPSA) is 28.2 Å². The number of anilines is 1. The van der Waals surface area contributed by atoms with E-state index in [-0.39, 0.29) is 0 Å². The van der Waals surface area contributed by atoms with Crippen molar-refractivity contribution in [2.75, 3.05) is 30.5 Å². The van der Waals surface area contributed by atoms with Gasteiger partial charge in [0.05, 0.1) is 0 Å². The highest BCUT2D eigenvalue weighted by Gasteiger charge is 2.19. The Labute approximate surface area is 128 Å². The van der Waals surface area contributed by atoms with E-state index in [9.17, 15) is 0 Å². The molecule has 1 N–H and O–H groups in total. The number of pyridine rings is 1. The van der Waals surface area contributed by atoms with Gasteiger partial charge in [-0.15, -0.1) is 0 Å². The van der Waals surface area contributed by atoms with E-state index in [0.717, 1.165) is 31.0 Å². The van der Waals surface area contributed by atoms with Crippen LogP contribution in [0.15, 0.2) is 18.3 Å². The molecule has 20 heavy (non-hydrogen) atoms. The van der Waals surface area contributed by atoms with Crippen molar-refractivity contribution < 1.29 is 0 Å². The predicted octanol–water partition coefficient (Wildman–Crippen LogP) is 3.72. The Morgan fingerprint density at radius 2 is 2.15 bits per heavy atom. The molecule has 2 atom stereocenters. The Morgan fingerprint density at radius 1 is 1.40 bits per heavy atom. The molecule has 0 saturated carbocycles. The van der Waals surface area contributed by atoms with Crippen LogP contribution >= 0.6 is 11.8 Å². The molecule has 1 rings (SSSR count). The van der Waals surface area contributed by atoms with Gasteiger partial charge in [-0.05, 0) is 38.6 Å². The molecule has 0 amide bonds. The lowest BCUT2D eigenvalue weighted by Gasteiger charge is -2.30. The van der Waals surface area contributed by atoms with E-state index in [1.807, 2.05) is 24.0 Å². The molecular formula is C16H29N3S. The first-order valence-electron chi connectivity index (χ1n) is 7.55. The van der Waals surface area contributed by atoms with Crippen LogP contribution in [0.3, 0.4) is 0 Å². The minimum atomic E-state index is 0.341. The first-order chi connectivity index (χ1) is 9.65. The average Bonchev–Trinajstić information content (AvgIpc) is 2.49. The monoisotopic (exact) mass is 295 g/mol. The third-order valence-electron chi connectivity index (χ3n) is 3.70. The van der Waals surface area contributed by atoms with Crippen LogP contribution in [0.5, 0.6) is 0 Å². The maximum Gasteiger partial charge on any atom is 0.133 e. The molecule has 0 radical (unpaired) electrons. The van der Waals surface area contributed by atoms with Crippen molar-refractivity contribution in [3.63, 3.8) is 0 Å². The van der Waals surface area contributed by atoms with Crippen LogP contribution in [0.2, 0.25) is 0 Å². The van der Waals surface area contributed by atoms with E-state index >= 15 is 0 Å². The normalized spacial score (nSPS) is 14.1. The van der Waals surface area contributed by atoms with Crippen LogP contribution in [0, 0.1) is 0 Å². The summed E-state index contributed by atoms with van der Waals surface area (Å²) in [5.74, 6) is 2.25. The smallest absolute Gasteiger partial charge is 0.133 e. The molecule has 0 bridgehead atoms. The summed E-state index contributed by atoms with van der Waals surface area (Å²) in [5.41, 5.74) is 1.29. The second kappa shape index (κ2) is 9.24. The summed E-state index contributed by atoms with van der Waals surface area (Å²) in [7, 11) is 2.17. The zero-order chi connectivity index (χ0) is 15.0. The van der Waals surface area contributed by atoms with Gasteiger partial charge < -0.3 is 10.2 Å². The van der Waals surface area contributed by atoms with Crippen molar-refractivity contribution in [3.05, 3.63) is 23.9 Å². The van der Waals surface area contributed by atoms with Crippen LogP contribution in [0.1, 0.15) is 45.2 Å². The number of hydrogen-bond donors (Lipinski definition) is 1. The van der Waals surface area contributed by atoms with Gasteiger partial charge in [0.25, 0.3) is 0 Å². The van der Waals surface area contributed by atoms with Crippen molar-refractivity contribution in [1.82, 2.24) is 10.3 Å². The molecule has 114 valence electrons. The van der Waals surface area contributed by atoms with Crippen LogP contribution in [0.25, 0.3) is 0 Å². The summed E-state index contributed by atoms with van der Waals surface area (Å²) in [6.07, 6.45) is 6.36. The lowest BCUT2D eigenvalue weighted by atomic mass is 10.1. The molecule has 1 heterocycles. The Morgan fingerprint density at radius 3 is 2.75 bits per heavy atom. The Balaban J connectivity index is 2.93. The van der Waals surface area contributed by atoms with Crippen LogP contribution in [0.4, 0.5) is 5.82 Å². The van der Waals surface area contributed by atoms with E-state index < -0.39 is 0 Å². The first kappa shape index (κ1) is 17.3. The summed E-state index contributed by atoms with van der Waals surface area (Å²) in [6.45, 7) is 7.71. The molecule has 2 unspecified atom stereocenters. The summed E-state index contributed by atoms with van der Waals surface area (Å²) in [5, 5.41) is 3.56. The molecule has 0 fully saturated rings. The Hall–Kier alpha value is -0.740. The average molecular weight is 295 g/mol. The molecule has 0 aromatic carbocycles. The molecule has 3 nitrogen and oxygen atoms in total. The lowest BCUT2D eigenvalue weighted by molar-refractivity contribution is 0.564. The number of rotatable bonds is 9. The number of nitrogens with zero attached hydrogens (tertiary/aromatic N) is 2. The summed E-state index contributed by atoms with van der Waals surface area (Å²) >= 11 is 1.90. The lowest BCUT2D eigenvalue weighted by Crippen LogP contribution is -2.35. The highest BCUT2D eigenvalue weighted by molar-refractivity contribution is 7.98. The van der Waals surface area contributed by atoms with E-state index in [1.54, 1.807) is 0 Å². The van der Waals surface area contributed by atoms with Gasteiger partial charge in [-0.25, -0.2) is 4.98 Å². The molecule has 0 aliphatic rings. The van der Waals surface area contributed by atoms with Gasteiger partial charge >= 0.3 is 0 Å². The van der Waals surface area contributed by atoms with Crippen molar-refractivity contribution >= 4 is 17.6 Å². The zero-order valence-corrected chi connectivity index (χ0v) is 14.3. The molecule has 0 aliphatic carbocycles. The summed E-state index contributed by atoms with van der Waals surface area (Å²) in [6, 6.07) is 5.11. The standard InChI is InChI=1S/C16H29N3S/c1-6-10-17-13(3)15-9-8-11-18-16(15)19(4)14(7-2)12-20-5/h8-9,11,13-14,17H,6-7,10,12H2,1-5H3. The summed E-state index contributed by atoms with van der Waals surface area (Å²) in [4.78, 5) is 6.98. The van der Waals surface area contributed by atoms with Gasteiger partial charge in [-0.1, -0.05) is 19.9 Å². The molecular weight excluding hydrogens is 266 g/mol. The third-order valence-corrected chi connectivity index (χ3v) is 4.41. The fraction of sp³-hybridized carbons (Fsp3) is 0.688. The predicted molar refractivity (Wildman–Crippen MR) is 91.8 cm³/mol. The Kier molecular flexibility index (Phi) is 8.00. The van der Waals surface area contributed by atoms with Crippen LogP contribution < -0.4 is 10.2 Å². The van der Waals surface area contributed by atoms with E-state index in [2.05, 4.69) is 55.3 Å². The molecule has 0 spiro atoms. The molecule has 0 aliphatic heterocycles. The molecule has 0 saturated heterocycles. The number of hydrogen-bond acceptors (Lipinski definition) is 4. The van der Waals surface area contributed by atoms with Crippen molar-refractivity contribution in [1.29, 1.82) is 0 Å². The number of nitrogens with one attached hydrogen (secondary N) is 1. The largest absolute Gasteiger partial charge is 0.356 e. The fourth-order valence-corrected chi connectivity index (χ4v) is 3.23. The van der Waals surface area contributed by atoms with Gasteiger partial charge in [0.1, 0.15) is 5.82 Å². The maximum atomic E-state index is 4.64. The zero-order valence-electron chi connectivity index (χ0n) is 13.5. The van der Waals surface area contributed by atoms with Crippen LogP contribution in [-0.2, 0) is 0 Å². The Bertz CT molecular complexity index is 384. The highest BCUT2D eigenvalue weighted by atomic mass is 32.2. The second-order valence-corrected chi connectivity index (χ2v) is 6.13. The van der Waals surface area contributed by atoms with Crippen LogP contribution in [-0.4, -0.2) is 36.6 Å². The van der Waals surface area contributed by atoms with E-state index in [1.165, 1.54) is 5.56 Å². The van der Waals surface area contributed by atoms with Gasteiger partial charge in [0.15, 0.2) is 0 Å². The highest BCUT2D eigenvalue weighted by Crippen LogP contribution is 2.25. The molecule has 1 aromatic heterocycles. The summed E-state index contributed by atoms with van der Waals surface area (Å²) < 4.78 is 0. The minimum absolute atomic E-state index is 0.341. The number of thioether (sulfide) groups is 1. The van der Waals surface area contributed by atoms with Gasteiger partial charge in [0, 0.05) is 36.6 Å². The maximum absolute atomic E-state index is 4.64. The number of aromatic nitrogens is 1. The van der Waals surface area contributed by atoms with Crippen molar-refractivity contribution in [2.45, 2.75) is 45.7 Å². The minimum Gasteiger partial charge on any atom is -0.356 e. The second-order valence-electron chi connectivity index (χ2n) is 5.22. The first-order valence-corrected chi connectivity index (χ1v) is 8.95. The SMILES string of the molecule is CCCNC(C)c1cccnc1N(C)C(CC)CSC. The van der Waals surface area contributed by atoms with Gasteiger partial charge in [-0.3, -0.25) is 0 Å². The van der Waals surface area contributed by atoms with E-state index in [0.29, 0.717) is 12.1 Å². The van der Waals surface area contributed by atoms with Gasteiger partial charge in [0.2, 0.25) is 0 Å². The van der Waals surface area contributed by atoms with Crippen molar-refractivity contribution in [2.24, 2.45) is 0 Å². The van der Waals surface area contributed by atoms with Gasteiger partial charge in [-0.2, -0.15) is 11.8 Å². The van der Waals surface area contributed by atoms with Crippen molar-refractivity contribution in [3.8, 4) is 0 Å². The third kappa shape index (κ3) is 4.67. The van der Waals surface area contributed by atoms with E-state index in [4.69, 9.17) is 0 Å². The quantitative estimate of drug-likeness (QED) is 0.751.